The Bertz CT molecular complexity index is 285. The van der Waals surface area contributed by atoms with E-state index in [0.29, 0.717) is 19.7 Å². The van der Waals surface area contributed by atoms with Gasteiger partial charge in [-0.05, 0) is 20.8 Å². The number of hydrogen-bond donors (Lipinski definition) is 0. The third-order valence-electron chi connectivity index (χ3n) is 2.58. The van der Waals surface area contributed by atoms with E-state index in [4.69, 9.17) is 14.0 Å². The highest BCUT2D eigenvalue weighted by atomic mass is 31.2. The summed E-state index contributed by atoms with van der Waals surface area (Å²) in [6, 6.07) is 0. The Kier molecular flexibility index (Phi) is 5.61. The summed E-state index contributed by atoms with van der Waals surface area (Å²) < 4.78 is 30.7. The molecule has 1 saturated heterocycles. The molecule has 0 aromatic heterocycles. The summed E-state index contributed by atoms with van der Waals surface area (Å²) in [5, 5.41) is 0. The predicted octanol–water partition coefficient (Wildman–Crippen LogP) is 1.97. The maximum atomic E-state index is 12.5. The van der Waals surface area contributed by atoms with Crippen molar-refractivity contribution in [1.29, 1.82) is 0 Å². The standard InChI is InChI=1S/C11H24NO4P/c1-9(2)16-17(5,13)12-6-10(3)15-11(7-12)8-14-4/h9-11H,6-8H2,1-5H3/t10-,11-,17?/m0/s1. The molecule has 1 fully saturated rings. The molecule has 1 aliphatic rings. The first-order valence-corrected chi connectivity index (χ1v) is 8.03. The van der Waals surface area contributed by atoms with Crippen LogP contribution >= 0.6 is 7.52 Å². The zero-order valence-electron chi connectivity index (χ0n) is 11.4. The molecule has 0 spiro atoms. The molecule has 0 bridgehead atoms. The Hall–Kier alpha value is 0.0700. The summed E-state index contributed by atoms with van der Waals surface area (Å²) in [5.41, 5.74) is 0. The van der Waals surface area contributed by atoms with Gasteiger partial charge < -0.3 is 14.0 Å². The van der Waals surface area contributed by atoms with Crippen molar-refractivity contribution in [2.45, 2.75) is 39.1 Å². The van der Waals surface area contributed by atoms with Crippen LogP contribution in [0.5, 0.6) is 0 Å². The van der Waals surface area contributed by atoms with Crippen LogP contribution in [0, 0.1) is 0 Å². The molecule has 102 valence electrons. The summed E-state index contributed by atoms with van der Waals surface area (Å²) in [6.45, 7) is 9.19. The van der Waals surface area contributed by atoms with Crippen molar-refractivity contribution in [2.24, 2.45) is 0 Å². The maximum absolute atomic E-state index is 12.5. The minimum atomic E-state index is -2.72. The summed E-state index contributed by atoms with van der Waals surface area (Å²) in [6.07, 6.45) is -0.0226. The largest absolute Gasteiger partial charge is 0.382 e. The minimum absolute atomic E-state index is 0.0345. The van der Waals surface area contributed by atoms with Crippen molar-refractivity contribution < 1.29 is 18.6 Å². The molecule has 6 heteroatoms. The van der Waals surface area contributed by atoms with Crippen molar-refractivity contribution in [3.05, 3.63) is 0 Å². The van der Waals surface area contributed by atoms with Gasteiger partial charge in [-0.15, -0.1) is 0 Å². The lowest BCUT2D eigenvalue weighted by Crippen LogP contribution is -2.46. The van der Waals surface area contributed by atoms with Gasteiger partial charge in [-0.1, -0.05) is 0 Å². The van der Waals surface area contributed by atoms with Gasteiger partial charge in [0, 0.05) is 26.9 Å². The molecule has 1 rings (SSSR count). The first kappa shape index (κ1) is 15.1. The van der Waals surface area contributed by atoms with Crippen molar-refractivity contribution in [1.82, 2.24) is 4.67 Å². The maximum Gasteiger partial charge on any atom is 0.269 e. The average molecular weight is 265 g/mol. The van der Waals surface area contributed by atoms with Gasteiger partial charge in [0.15, 0.2) is 0 Å². The molecule has 0 amide bonds. The molecule has 1 aliphatic heterocycles. The Morgan fingerprint density at radius 1 is 1.47 bits per heavy atom. The van der Waals surface area contributed by atoms with Crippen LogP contribution < -0.4 is 0 Å². The number of rotatable bonds is 5. The smallest absolute Gasteiger partial charge is 0.269 e. The molecule has 17 heavy (non-hydrogen) atoms. The van der Waals surface area contributed by atoms with Gasteiger partial charge in [-0.25, -0.2) is 4.67 Å². The van der Waals surface area contributed by atoms with Crippen molar-refractivity contribution in [2.75, 3.05) is 33.5 Å². The third-order valence-corrected chi connectivity index (χ3v) is 4.75. The zero-order chi connectivity index (χ0) is 13.1. The summed E-state index contributed by atoms with van der Waals surface area (Å²) in [7, 11) is -1.08. The fourth-order valence-electron chi connectivity index (χ4n) is 2.05. The summed E-state index contributed by atoms with van der Waals surface area (Å²) >= 11 is 0. The first-order chi connectivity index (χ1) is 7.85. The molecule has 0 aromatic rings. The Balaban J connectivity index is 2.65. The summed E-state index contributed by atoms with van der Waals surface area (Å²) in [5.74, 6) is 0. The molecule has 0 saturated carbocycles. The van der Waals surface area contributed by atoms with Gasteiger partial charge in [0.05, 0.1) is 24.9 Å². The molecule has 3 atom stereocenters. The quantitative estimate of drug-likeness (QED) is 0.711. The molecule has 0 N–H and O–H groups in total. The van der Waals surface area contributed by atoms with Gasteiger partial charge in [0.2, 0.25) is 0 Å². The van der Waals surface area contributed by atoms with Crippen LogP contribution in [0.25, 0.3) is 0 Å². The van der Waals surface area contributed by atoms with Crippen molar-refractivity contribution in [3.63, 3.8) is 0 Å². The second-order valence-electron chi connectivity index (χ2n) is 4.85. The van der Waals surface area contributed by atoms with Gasteiger partial charge >= 0.3 is 0 Å². The molecule has 1 heterocycles. The molecular formula is C11H24NO4P. The normalized spacial score (nSPS) is 30.5. The molecule has 0 aromatic carbocycles. The van der Waals surface area contributed by atoms with Crippen LogP contribution in [0.3, 0.4) is 0 Å². The lowest BCUT2D eigenvalue weighted by Gasteiger charge is -2.39. The second-order valence-corrected chi connectivity index (χ2v) is 7.24. The zero-order valence-corrected chi connectivity index (χ0v) is 12.3. The van der Waals surface area contributed by atoms with Gasteiger partial charge in [-0.3, -0.25) is 4.57 Å². The highest BCUT2D eigenvalue weighted by molar-refractivity contribution is 7.55. The second kappa shape index (κ2) is 6.30. The lowest BCUT2D eigenvalue weighted by atomic mass is 10.2. The first-order valence-electron chi connectivity index (χ1n) is 6.01. The molecule has 5 nitrogen and oxygen atoms in total. The van der Waals surface area contributed by atoms with Crippen LogP contribution in [-0.2, 0) is 18.6 Å². The number of nitrogens with zero attached hydrogens (tertiary/aromatic N) is 1. The van der Waals surface area contributed by atoms with E-state index in [1.165, 1.54) is 0 Å². The highest BCUT2D eigenvalue weighted by Crippen LogP contribution is 2.49. The van der Waals surface area contributed by atoms with E-state index in [0.717, 1.165) is 0 Å². The number of morpholine rings is 1. The van der Waals surface area contributed by atoms with Crippen LogP contribution in [0.15, 0.2) is 0 Å². The monoisotopic (exact) mass is 265 g/mol. The minimum Gasteiger partial charge on any atom is -0.382 e. The molecular weight excluding hydrogens is 241 g/mol. The van der Waals surface area contributed by atoms with E-state index in [9.17, 15) is 4.57 Å². The van der Waals surface area contributed by atoms with Crippen LogP contribution in [0.2, 0.25) is 0 Å². The van der Waals surface area contributed by atoms with Crippen LogP contribution in [0.4, 0.5) is 0 Å². The fraction of sp³-hybridized carbons (Fsp3) is 1.00. The molecule has 0 radical (unpaired) electrons. The van der Waals surface area contributed by atoms with E-state index in [2.05, 4.69) is 0 Å². The number of ether oxygens (including phenoxy) is 2. The SMILES string of the molecule is COC[C@@H]1CN(P(C)(=O)OC(C)C)C[C@H](C)O1. The third kappa shape index (κ3) is 4.68. The van der Waals surface area contributed by atoms with E-state index in [1.54, 1.807) is 13.8 Å². The highest BCUT2D eigenvalue weighted by Gasteiger charge is 2.35. The fourth-order valence-corrected chi connectivity index (χ4v) is 3.97. The van der Waals surface area contributed by atoms with E-state index in [1.807, 2.05) is 25.4 Å². The number of hydrogen-bond acceptors (Lipinski definition) is 4. The lowest BCUT2D eigenvalue weighted by molar-refractivity contribution is -0.0851. The van der Waals surface area contributed by atoms with Crippen molar-refractivity contribution >= 4 is 7.52 Å². The average Bonchev–Trinajstić information content (AvgIpc) is 2.15. The topological polar surface area (TPSA) is 48.0 Å². The van der Waals surface area contributed by atoms with E-state index in [-0.39, 0.29) is 18.3 Å². The van der Waals surface area contributed by atoms with Gasteiger partial charge in [0.1, 0.15) is 0 Å². The van der Waals surface area contributed by atoms with E-state index >= 15 is 0 Å². The molecule has 0 aliphatic carbocycles. The van der Waals surface area contributed by atoms with Gasteiger partial charge in [-0.2, -0.15) is 0 Å². The summed E-state index contributed by atoms with van der Waals surface area (Å²) in [4.78, 5) is 0. The predicted molar refractivity (Wildman–Crippen MR) is 67.5 cm³/mol. The Morgan fingerprint density at radius 2 is 2.12 bits per heavy atom. The van der Waals surface area contributed by atoms with Crippen molar-refractivity contribution in [3.8, 4) is 0 Å². The van der Waals surface area contributed by atoms with Crippen LogP contribution in [0.1, 0.15) is 20.8 Å². The van der Waals surface area contributed by atoms with Crippen LogP contribution in [-0.4, -0.2) is 56.5 Å². The van der Waals surface area contributed by atoms with Gasteiger partial charge in [0.25, 0.3) is 7.52 Å². The Morgan fingerprint density at radius 3 is 2.65 bits per heavy atom. The Labute approximate surface area is 104 Å². The number of methoxy groups -OCH3 is 1. The van der Waals surface area contributed by atoms with E-state index < -0.39 is 7.52 Å². The molecule has 1 unspecified atom stereocenters.